The Morgan fingerprint density at radius 1 is 1.07 bits per heavy atom. The largest absolute Gasteiger partial charge is 0.451 e. The predicted molar refractivity (Wildman–Crippen MR) is 108 cm³/mol. The molecule has 0 aromatic heterocycles. The maximum atomic E-state index is 13.2. The van der Waals surface area contributed by atoms with Crippen molar-refractivity contribution in [3.8, 4) is 0 Å². The van der Waals surface area contributed by atoms with E-state index in [1.165, 1.54) is 25.1 Å². The highest BCUT2D eigenvalue weighted by Crippen LogP contribution is 2.27. The van der Waals surface area contributed by atoms with Crippen molar-refractivity contribution in [3.63, 3.8) is 0 Å². The van der Waals surface area contributed by atoms with Gasteiger partial charge in [0.25, 0.3) is 11.8 Å². The number of amides is 2. The summed E-state index contributed by atoms with van der Waals surface area (Å²) < 4.78 is 18.3. The molecule has 0 saturated heterocycles. The lowest BCUT2D eigenvalue weighted by atomic mass is 9.98. The van der Waals surface area contributed by atoms with E-state index in [0.717, 1.165) is 17.2 Å². The summed E-state index contributed by atoms with van der Waals surface area (Å²) in [5, 5.41) is 5.16. The van der Waals surface area contributed by atoms with Crippen LogP contribution in [0.2, 0.25) is 0 Å². The van der Waals surface area contributed by atoms with Crippen molar-refractivity contribution < 1.29 is 23.5 Å². The molecule has 0 aliphatic heterocycles. The molecule has 2 N–H and O–H groups in total. The number of benzene rings is 2. The normalized spacial score (nSPS) is 11.7. The van der Waals surface area contributed by atoms with Gasteiger partial charge in [-0.1, -0.05) is 38.1 Å². The van der Waals surface area contributed by atoms with Crippen LogP contribution in [0.15, 0.2) is 42.5 Å². The zero-order chi connectivity index (χ0) is 21.6. The molecule has 7 heteroatoms. The second kappa shape index (κ2) is 9.82. The maximum absolute atomic E-state index is 13.2. The molecule has 0 spiro atoms. The number of carbonyl (C=O) groups is 3. The number of rotatable bonds is 7. The molecule has 0 aliphatic rings. The van der Waals surface area contributed by atoms with Crippen molar-refractivity contribution in [1.29, 1.82) is 0 Å². The predicted octanol–water partition coefficient (Wildman–Crippen LogP) is 3.56. The summed E-state index contributed by atoms with van der Waals surface area (Å²) in [4.78, 5) is 36.4. The Morgan fingerprint density at radius 3 is 2.41 bits per heavy atom. The number of hydrogen-bond donors (Lipinski definition) is 2. The zero-order valence-electron chi connectivity index (χ0n) is 16.9. The molecule has 29 heavy (non-hydrogen) atoms. The molecule has 0 radical (unpaired) electrons. The van der Waals surface area contributed by atoms with Gasteiger partial charge in [0.2, 0.25) is 0 Å². The zero-order valence-corrected chi connectivity index (χ0v) is 16.9. The first-order valence-corrected chi connectivity index (χ1v) is 9.32. The number of para-hydroxylation sites is 1. The summed E-state index contributed by atoms with van der Waals surface area (Å²) in [5.74, 6) is -2.19. The molecule has 2 aromatic rings. The summed E-state index contributed by atoms with van der Waals surface area (Å²) in [5.41, 5.74) is 2.68. The van der Waals surface area contributed by atoms with Crippen LogP contribution >= 0.6 is 0 Å². The molecule has 2 amide bonds. The van der Waals surface area contributed by atoms with Crippen LogP contribution in [0.25, 0.3) is 0 Å². The molecular weight excluding hydrogens is 375 g/mol. The quantitative estimate of drug-likeness (QED) is 0.696. The van der Waals surface area contributed by atoms with E-state index >= 15 is 0 Å². The minimum atomic E-state index is -1.05. The Morgan fingerprint density at radius 2 is 1.76 bits per heavy atom. The van der Waals surface area contributed by atoms with Gasteiger partial charge in [0.15, 0.2) is 6.10 Å². The fraction of sp³-hybridized carbons (Fsp3) is 0.318. The topological polar surface area (TPSA) is 84.5 Å². The van der Waals surface area contributed by atoms with Crippen molar-refractivity contribution in [2.24, 2.45) is 0 Å². The van der Waals surface area contributed by atoms with Gasteiger partial charge >= 0.3 is 5.97 Å². The average molecular weight is 400 g/mol. The second-order valence-corrected chi connectivity index (χ2v) is 7.01. The van der Waals surface area contributed by atoms with Crippen LogP contribution < -0.4 is 10.6 Å². The van der Waals surface area contributed by atoms with Crippen LogP contribution in [0.1, 0.15) is 48.2 Å². The van der Waals surface area contributed by atoms with Gasteiger partial charge in [-0.2, -0.15) is 0 Å². The molecule has 0 aliphatic carbocycles. The van der Waals surface area contributed by atoms with Gasteiger partial charge in [-0.15, -0.1) is 0 Å². The van der Waals surface area contributed by atoms with Gasteiger partial charge in [-0.05, 0) is 49.1 Å². The molecule has 1 atom stereocenters. The van der Waals surface area contributed by atoms with E-state index < -0.39 is 36.2 Å². The van der Waals surface area contributed by atoms with Crippen LogP contribution in [0.3, 0.4) is 0 Å². The lowest BCUT2D eigenvalue weighted by Gasteiger charge is -2.19. The minimum absolute atomic E-state index is 0.0874. The fourth-order valence-electron chi connectivity index (χ4n) is 2.74. The highest BCUT2D eigenvalue weighted by Gasteiger charge is 2.21. The Kier molecular flexibility index (Phi) is 7.47. The Hall–Kier alpha value is -3.22. The third-order valence-corrected chi connectivity index (χ3v) is 4.33. The molecule has 0 unspecified atom stereocenters. The summed E-state index contributed by atoms with van der Waals surface area (Å²) in [6, 6.07) is 10.8. The monoisotopic (exact) mass is 400 g/mol. The smallest absolute Gasteiger partial charge is 0.326 e. The average Bonchev–Trinajstić information content (AvgIpc) is 2.67. The number of ether oxygens (including phenoxy) is 1. The minimum Gasteiger partial charge on any atom is -0.451 e. The van der Waals surface area contributed by atoms with E-state index in [-0.39, 0.29) is 11.5 Å². The van der Waals surface area contributed by atoms with Gasteiger partial charge in [0.1, 0.15) is 12.4 Å². The Balaban J connectivity index is 1.91. The molecule has 0 bridgehead atoms. The summed E-state index contributed by atoms with van der Waals surface area (Å²) in [6.45, 7) is 6.95. The highest BCUT2D eigenvalue weighted by molar-refractivity contribution is 5.98. The number of anilines is 1. The summed E-state index contributed by atoms with van der Waals surface area (Å²) in [6.07, 6.45) is -1.05. The summed E-state index contributed by atoms with van der Waals surface area (Å²) >= 11 is 0. The van der Waals surface area contributed by atoms with Gasteiger partial charge in [-0.25, -0.2) is 4.39 Å². The van der Waals surface area contributed by atoms with Gasteiger partial charge in [-0.3, -0.25) is 14.4 Å². The SMILES string of the molecule is Cc1cccc(C(C)C)c1NC(=O)[C@H](C)OC(=O)CNC(=O)c1cccc(F)c1. The number of hydrogen-bond acceptors (Lipinski definition) is 4. The molecular formula is C22H25FN2O4. The fourth-order valence-corrected chi connectivity index (χ4v) is 2.74. The van der Waals surface area contributed by atoms with Gasteiger partial charge in [0, 0.05) is 11.3 Å². The first-order chi connectivity index (χ1) is 13.7. The van der Waals surface area contributed by atoms with Gasteiger partial charge in [0.05, 0.1) is 0 Å². The second-order valence-electron chi connectivity index (χ2n) is 7.01. The first kappa shape index (κ1) is 22.1. The third kappa shape index (κ3) is 6.14. The van der Waals surface area contributed by atoms with Crippen LogP contribution in [-0.2, 0) is 14.3 Å². The summed E-state index contributed by atoms with van der Waals surface area (Å²) in [7, 11) is 0. The van der Waals surface area contributed by atoms with Crippen LogP contribution in [-0.4, -0.2) is 30.4 Å². The third-order valence-electron chi connectivity index (χ3n) is 4.33. The number of carbonyl (C=O) groups excluding carboxylic acids is 3. The van der Waals surface area contributed by atoms with Gasteiger partial charge < -0.3 is 15.4 Å². The van der Waals surface area contributed by atoms with E-state index in [9.17, 15) is 18.8 Å². The van der Waals surface area contributed by atoms with Crippen molar-refractivity contribution in [1.82, 2.24) is 5.32 Å². The molecule has 154 valence electrons. The molecule has 6 nitrogen and oxygen atoms in total. The number of aryl methyl sites for hydroxylation is 1. The van der Waals surface area contributed by atoms with E-state index in [0.29, 0.717) is 5.69 Å². The van der Waals surface area contributed by atoms with Crippen molar-refractivity contribution in [3.05, 3.63) is 65.0 Å². The van der Waals surface area contributed by atoms with Crippen LogP contribution in [0, 0.1) is 12.7 Å². The molecule has 2 rings (SSSR count). The standard InChI is InChI=1S/C22H25FN2O4/c1-13(2)18-10-5-7-14(3)20(18)25-21(27)15(4)29-19(26)12-24-22(28)16-8-6-9-17(23)11-16/h5-11,13,15H,12H2,1-4H3,(H,24,28)(H,25,27)/t15-/m0/s1. The number of esters is 1. The maximum Gasteiger partial charge on any atom is 0.326 e. The lowest BCUT2D eigenvalue weighted by molar-refractivity contribution is -0.152. The molecule has 0 heterocycles. The molecule has 0 saturated carbocycles. The number of nitrogens with one attached hydrogen (secondary N) is 2. The van der Waals surface area contributed by atoms with E-state index in [1.807, 2.05) is 39.0 Å². The van der Waals surface area contributed by atoms with Crippen LogP contribution in [0.5, 0.6) is 0 Å². The van der Waals surface area contributed by atoms with E-state index in [4.69, 9.17) is 4.74 Å². The molecule has 2 aromatic carbocycles. The van der Waals surface area contributed by atoms with Crippen LogP contribution in [0.4, 0.5) is 10.1 Å². The van der Waals surface area contributed by atoms with Crippen molar-refractivity contribution in [2.75, 3.05) is 11.9 Å². The van der Waals surface area contributed by atoms with E-state index in [1.54, 1.807) is 0 Å². The highest BCUT2D eigenvalue weighted by atomic mass is 19.1. The Bertz CT molecular complexity index is 911. The van der Waals surface area contributed by atoms with Crippen molar-refractivity contribution in [2.45, 2.75) is 39.7 Å². The number of halogens is 1. The first-order valence-electron chi connectivity index (χ1n) is 9.32. The molecule has 0 fully saturated rings. The Labute approximate surface area is 169 Å². The van der Waals surface area contributed by atoms with E-state index in [2.05, 4.69) is 10.6 Å². The van der Waals surface area contributed by atoms with Crippen molar-refractivity contribution >= 4 is 23.5 Å². The lowest BCUT2D eigenvalue weighted by Crippen LogP contribution is -2.36.